The van der Waals surface area contributed by atoms with Gasteiger partial charge in [-0.3, -0.25) is 9.59 Å². The Bertz CT molecular complexity index is 844. The lowest BCUT2D eigenvalue weighted by molar-refractivity contribution is 0.111. The zero-order valence-corrected chi connectivity index (χ0v) is 21.9. The number of phenols is 2. The molecule has 194 valence electrons. The number of benzene rings is 2. The fourth-order valence-electron chi connectivity index (χ4n) is 4.18. The van der Waals surface area contributed by atoms with Crippen LogP contribution in [-0.4, -0.2) is 22.8 Å². The molecule has 2 rings (SSSR count). The van der Waals surface area contributed by atoms with Gasteiger partial charge in [0.1, 0.15) is 11.5 Å². The standard InChI is InChI=1S/C16H24O2.C15H22O2/c1-2-3-4-5-6-7-8-10-14-11-9-12-15(13-17)16(14)18;1-2-3-4-5-6-7-9-13-10-8-11-14(12-16)15(13)17/h9,11-13,18H,2-8,10H2,1H3;8,10-12,17H,2-7,9H2,1H3. The number of unbranched alkanes of at least 4 members (excludes halogenated alkanes) is 11. The van der Waals surface area contributed by atoms with Crippen LogP contribution < -0.4 is 0 Å². The van der Waals surface area contributed by atoms with E-state index in [4.69, 9.17) is 0 Å². The van der Waals surface area contributed by atoms with E-state index in [-0.39, 0.29) is 11.5 Å². The van der Waals surface area contributed by atoms with Crippen LogP contribution >= 0.6 is 0 Å². The van der Waals surface area contributed by atoms with Gasteiger partial charge in [0.15, 0.2) is 12.6 Å². The number of aldehydes is 2. The van der Waals surface area contributed by atoms with Gasteiger partial charge in [0.05, 0.1) is 11.1 Å². The predicted octanol–water partition coefficient (Wildman–Crippen LogP) is 8.61. The zero-order valence-electron chi connectivity index (χ0n) is 21.9. The molecule has 4 heteroatoms. The number of hydrogen-bond donors (Lipinski definition) is 2. The molecule has 0 aliphatic carbocycles. The van der Waals surface area contributed by atoms with E-state index in [1.807, 2.05) is 24.3 Å². The molecule has 0 radical (unpaired) electrons. The van der Waals surface area contributed by atoms with Crippen molar-refractivity contribution in [1.29, 1.82) is 0 Å². The second-order valence-electron chi connectivity index (χ2n) is 9.33. The molecule has 0 atom stereocenters. The highest BCUT2D eigenvalue weighted by Gasteiger charge is 2.06. The molecular weight excluding hydrogens is 436 g/mol. The van der Waals surface area contributed by atoms with Gasteiger partial charge in [0, 0.05) is 0 Å². The summed E-state index contributed by atoms with van der Waals surface area (Å²) >= 11 is 0. The first-order chi connectivity index (χ1) is 17.1. The number of hydrogen-bond acceptors (Lipinski definition) is 4. The van der Waals surface area contributed by atoms with Crippen molar-refractivity contribution in [3.63, 3.8) is 0 Å². The van der Waals surface area contributed by atoms with Crippen molar-refractivity contribution in [3.8, 4) is 11.5 Å². The monoisotopic (exact) mass is 482 g/mol. The van der Waals surface area contributed by atoms with E-state index in [0.717, 1.165) is 36.8 Å². The number of para-hydroxylation sites is 2. The highest BCUT2D eigenvalue weighted by atomic mass is 16.3. The Balaban J connectivity index is 0.000000351. The average molecular weight is 483 g/mol. The second-order valence-corrected chi connectivity index (χ2v) is 9.33. The highest BCUT2D eigenvalue weighted by molar-refractivity contribution is 5.80. The number of phenolic OH excluding ortho intramolecular Hbond substituents is 2. The molecule has 0 heterocycles. The lowest BCUT2D eigenvalue weighted by Gasteiger charge is -2.06. The van der Waals surface area contributed by atoms with Crippen molar-refractivity contribution in [3.05, 3.63) is 58.7 Å². The van der Waals surface area contributed by atoms with E-state index in [2.05, 4.69) is 13.8 Å². The Morgan fingerprint density at radius 2 is 0.886 bits per heavy atom. The van der Waals surface area contributed by atoms with Gasteiger partial charge < -0.3 is 10.2 Å². The molecule has 0 amide bonds. The molecular formula is C31H46O4. The van der Waals surface area contributed by atoms with E-state index >= 15 is 0 Å². The maximum absolute atomic E-state index is 10.7. The Labute approximate surface area is 212 Å². The topological polar surface area (TPSA) is 74.6 Å². The molecule has 2 aromatic carbocycles. The first kappa shape index (κ1) is 30.4. The van der Waals surface area contributed by atoms with Crippen molar-refractivity contribution >= 4 is 12.6 Å². The molecule has 0 saturated carbocycles. The molecule has 0 saturated heterocycles. The van der Waals surface area contributed by atoms with Crippen LogP contribution in [0, 0.1) is 0 Å². The molecule has 0 spiro atoms. The fraction of sp³-hybridized carbons (Fsp3) is 0.548. The third kappa shape index (κ3) is 12.6. The van der Waals surface area contributed by atoms with E-state index < -0.39 is 0 Å². The van der Waals surface area contributed by atoms with Crippen molar-refractivity contribution in [2.24, 2.45) is 0 Å². The molecule has 0 aliphatic heterocycles. The molecule has 4 nitrogen and oxygen atoms in total. The van der Waals surface area contributed by atoms with E-state index in [1.54, 1.807) is 12.1 Å². The first-order valence-corrected chi connectivity index (χ1v) is 13.6. The summed E-state index contributed by atoms with van der Waals surface area (Å²) in [6, 6.07) is 10.8. The minimum Gasteiger partial charge on any atom is -0.507 e. The Morgan fingerprint density at radius 1 is 0.543 bits per heavy atom. The summed E-state index contributed by atoms with van der Waals surface area (Å²) in [5.41, 5.74) is 2.59. The van der Waals surface area contributed by atoms with Crippen molar-refractivity contribution in [2.75, 3.05) is 0 Å². The number of aromatic hydroxyl groups is 2. The summed E-state index contributed by atoms with van der Waals surface area (Å²) in [5, 5.41) is 19.6. The zero-order chi connectivity index (χ0) is 25.7. The van der Waals surface area contributed by atoms with E-state index in [9.17, 15) is 19.8 Å². The van der Waals surface area contributed by atoms with Crippen LogP contribution in [0.25, 0.3) is 0 Å². The first-order valence-electron chi connectivity index (χ1n) is 13.6. The minimum atomic E-state index is 0.163. The molecule has 0 unspecified atom stereocenters. The van der Waals surface area contributed by atoms with Crippen LogP contribution in [0.1, 0.15) is 129 Å². The Morgan fingerprint density at radius 3 is 1.23 bits per heavy atom. The lowest BCUT2D eigenvalue weighted by atomic mass is 10.0. The number of aryl methyl sites for hydroxylation is 2. The third-order valence-electron chi connectivity index (χ3n) is 6.40. The van der Waals surface area contributed by atoms with Gasteiger partial charge in [-0.25, -0.2) is 0 Å². The van der Waals surface area contributed by atoms with E-state index in [0.29, 0.717) is 23.7 Å². The van der Waals surface area contributed by atoms with Gasteiger partial charge in [0.2, 0.25) is 0 Å². The van der Waals surface area contributed by atoms with E-state index in [1.165, 1.54) is 70.6 Å². The fourth-order valence-corrected chi connectivity index (χ4v) is 4.18. The molecule has 35 heavy (non-hydrogen) atoms. The smallest absolute Gasteiger partial charge is 0.153 e. The van der Waals surface area contributed by atoms with Crippen LogP contribution in [0.15, 0.2) is 36.4 Å². The predicted molar refractivity (Wildman–Crippen MR) is 146 cm³/mol. The second kappa shape index (κ2) is 19.7. The van der Waals surface area contributed by atoms with Gasteiger partial charge in [-0.05, 0) is 48.9 Å². The molecule has 0 aliphatic rings. The number of carbonyl (C=O) groups excluding carboxylic acids is 2. The highest BCUT2D eigenvalue weighted by Crippen LogP contribution is 2.24. The summed E-state index contributed by atoms with van der Waals surface area (Å²) in [7, 11) is 0. The molecule has 2 N–H and O–H groups in total. The van der Waals surface area contributed by atoms with Gasteiger partial charge in [-0.2, -0.15) is 0 Å². The summed E-state index contributed by atoms with van der Waals surface area (Å²) in [4.78, 5) is 21.4. The van der Waals surface area contributed by atoms with Crippen LogP contribution in [-0.2, 0) is 12.8 Å². The SMILES string of the molecule is CCCCCCCCCc1cccc(C=O)c1O.CCCCCCCCc1cccc(C=O)c1O. The summed E-state index contributed by atoms with van der Waals surface area (Å²) in [6.45, 7) is 4.44. The van der Waals surface area contributed by atoms with Gasteiger partial charge in [0.25, 0.3) is 0 Å². The van der Waals surface area contributed by atoms with Crippen LogP contribution in [0.3, 0.4) is 0 Å². The van der Waals surface area contributed by atoms with Gasteiger partial charge in [-0.15, -0.1) is 0 Å². The normalized spacial score (nSPS) is 10.5. The molecule has 0 aromatic heterocycles. The van der Waals surface area contributed by atoms with Crippen molar-refractivity contribution in [1.82, 2.24) is 0 Å². The quantitative estimate of drug-likeness (QED) is 0.175. The Hall–Kier alpha value is -2.62. The molecule has 0 fully saturated rings. The van der Waals surface area contributed by atoms with Crippen LogP contribution in [0.2, 0.25) is 0 Å². The maximum Gasteiger partial charge on any atom is 0.153 e. The molecule has 2 aromatic rings. The summed E-state index contributed by atoms with van der Waals surface area (Å²) in [6.07, 6.45) is 19.4. The summed E-state index contributed by atoms with van der Waals surface area (Å²) < 4.78 is 0. The minimum absolute atomic E-state index is 0.163. The lowest BCUT2D eigenvalue weighted by Crippen LogP contribution is -1.91. The third-order valence-corrected chi connectivity index (χ3v) is 6.40. The van der Waals surface area contributed by atoms with Crippen LogP contribution in [0.4, 0.5) is 0 Å². The number of rotatable bonds is 17. The van der Waals surface area contributed by atoms with Crippen LogP contribution in [0.5, 0.6) is 11.5 Å². The largest absolute Gasteiger partial charge is 0.507 e. The Kier molecular flexibility index (Phi) is 17.1. The number of carbonyl (C=O) groups is 2. The van der Waals surface area contributed by atoms with Gasteiger partial charge >= 0.3 is 0 Å². The average Bonchev–Trinajstić information content (AvgIpc) is 2.87. The van der Waals surface area contributed by atoms with Crippen molar-refractivity contribution in [2.45, 2.75) is 110 Å². The van der Waals surface area contributed by atoms with Gasteiger partial charge in [-0.1, -0.05) is 109 Å². The summed E-state index contributed by atoms with van der Waals surface area (Å²) in [5.74, 6) is 0.328. The van der Waals surface area contributed by atoms with Crippen molar-refractivity contribution < 1.29 is 19.8 Å². The molecule has 0 bridgehead atoms. The maximum atomic E-state index is 10.7.